The van der Waals surface area contributed by atoms with Gasteiger partial charge in [0.05, 0.1) is 7.69 Å². The number of carbonyl (C=O) groups excluding carboxylic acids is 2. The summed E-state index contributed by atoms with van der Waals surface area (Å²) in [6, 6.07) is 19.5. The quantitative estimate of drug-likeness (QED) is 0.685. The molecular formula is C20H18N2O2S2. The van der Waals surface area contributed by atoms with Gasteiger partial charge in [-0.1, -0.05) is 60.7 Å². The molecule has 0 fully saturated rings. The average molecular weight is 383 g/mol. The number of nitrogens with one attached hydrogen (secondary N) is 2. The predicted octanol–water partition coefficient (Wildman–Crippen LogP) is 2.00. The highest BCUT2D eigenvalue weighted by atomic mass is 32.2. The Morgan fingerprint density at radius 1 is 0.692 bits per heavy atom. The molecule has 3 aromatic rings. The Balaban J connectivity index is 1.49. The summed E-state index contributed by atoms with van der Waals surface area (Å²) in [6.45, 7) is 1.01. The van der Waals surface area contributed by atoms with Gasteiger partial charge in [0.25, 0.3) is 0 Å². The minimum Gasteiger partial charge on any atom is -0.348 e. The van der Waals surface area contributed by atoms with E-state index in [-0.39, 0.29) is 11.8 Å². The topological polar surface area (TPSA) is 58.2 Å². The van der Waals surface area contributed by atoms with Crippen LogP contribution in [0.3, 0.4) is 0 Å². The van der Waals surface area contributed by atoms with E-state index in [1.54, 1.807) is 12.2 Å². The second-order valence-electron chi connectivity index (χ2n) is 5.54. The van der Waals surface area contributed by atoms with Crippen LogP contribution in [0.5, 0.6) is 0 Å². The lowest BCUT2D eigenvalue weighted by Crippen LogP contribution is -2.25. The number of hydrogen-bond acceptors (Lipinski definition) is 4. The largest absolute Gasteiger partial charge is 0.348 e. The van der Waals surface area contributed by atoms with Crippen LogP contribution in [0.25, 0.3) is 12.2 Å². The van der Waals surface area contributed by atoms with Gasteiger partial charge in [0.1, 0.15) is 0 Å². The second kappa shape index (κ2) is 9.12. The molecule has 0 aliphatic heterocycles. The second-order valence-corrected chi connectivity index (χ2v) is 8.22. The molecule has 0 aliphatic rings. The van der Waals surface area contributed by atoms with Crippen LogP contribution in [0, 0.1) is 0 Å². The molecule has 0 spiro atoms. The van der Waals surface area contributed by atoms with Crippen LogP contribution in [-0.4, -0.2) is 11.8 Å². The molecule has 3 rings (SSSR count). The van der Waals surface area contributed by atoms with Gasteiger partial charge in [0.2, 0.25) is 11.8 Å². The fraction of sp³-hybridized carbons (Fsp3) is 0.100. The van der Waals surface area contributed by atoms with E-state index in [1.165, 1.54) is 22.7 Å². The fourth-order valence-electron chi connectivity index (χ4n) is 2.21. The van der Waals surface area contributed by atoms with Gasteiger partial charge in [-0.3, -0.25) is 9.59 Å². The Labute approximate surface area is 159 Å². The van der Waals surface area contributed by atoms with E-state index < -0.39 is 0 Å². The average Bonchev–Trinajstić information content (AvgIpc) is 2.64. The molecule has 1 aromatic heterocycles. The standard InChI is InChI=1S/C20H18N2O2S2/c23-17(21-13-15-7-3-1-4-8-15)11-19-25-20(26-19)12-18(24)22-14-16-9-5-2-6-10-16/h1-12H,13-14H2,(H,21,23)(H,22,24). The molecule has 0 saturated heterocycles. The smallest absolute Gasteiger partial charge is 0.246 e. The van der Waals surface area contributed by atoms with Gasteiger partial charge in [0.15, 0.2) is 0 Å². The molecule has 2 aromatic carbocycles. The van der Waals surface area contributed by atoms with Crippen molar-refractivity contribution in [3.8, 4) is 0 Å². The zero-order valence-corrected chi connectivity index (χ0v) is 15.6. The molecule has 1 heterocycles. The normalized spacial score (nSPS) is 10.2. The third-order valence-corrected chi connectivity index (χ3v) is 5.80. The third kappa shape index (κ3) is 5.68. The first-order chi connectivity index (χ1) is 12.7. The lowest BCUT2D eigenvalue weighted by atomic mass is 10.2. The Bertz CT molecular complexity index is 880. The summed E-state index contributed by atoms with van der Waals surface area (Å²) in [5, 5.41) is 5.70. The van der Waals surface area contributed by atoms with Crippen LogP contribution in [0.4, 0.5) is 0 Å². The van der Waals surface area contributed by atoms with Crippen LogP contribution in [0.2, 0.25) is 0 Å². The summed E-state index contributed by atoms with van der Waals surface area (Å²) in [4.78, 5) is 23.8. The van der Waals surface area contributed by atoms with E-state index in [0.717, 1.165) is 18.8 Å². The van der Waals surface area contributed by atoms with Crippen LogP contribution in [0.1, 0.15) is 11.1 Å². The molecule has 26 heavy (non-hydrogen) atoms. The fourth-order valence-corrected chi connectivity index (χ4v) is 4.11. The number of hydrogen-bond donors (Lipinski definition) is 2. The molecule has 0 saturated carbocycles. The summed E-state index contributed by atoms with van der Waals surface area (Å²) in [5.41, 5.74) is 2.12. The van der Waals surface area contributed by atoms with Crippen molar-refractivity contribution in [1.82, 2.24) is 10.6 Å². The van der Waals surface area contributed by atoms with Gasteiger partial charge >= 0.3 is 0 Å². The molecule has 0 radical (unpaired) electrons. The molecule has 0 aliphatic carbocycles. The van der Waals surface area contributed by atoms with Crippen molar-refractivity contribution >= 4 is 46.6 Å². The maximum Gasteiger partial charge on any atom is 0.246 e. The van der Waals surface area contributed by atoms with Crippen molar-refractivity contribution in [3.63, 3.8) is 0 Å². The van der Waals surface area contributed by atoms with E-state index in [0.29, 0.717) is 13.1 Å². The van der Waals surface area contributed by atoms with E-state index in [9.17, 15) is 9.59 Å². The molecular weight excluding hydrogens is 364 g/mol. The predicted molar refractivity (Wildman–Crippen MR) is 107 cm³/mol. The van der Waals surface area contributed by atoms with Gasteiger partial charge in [-0.2, -0.15) is 0 Å². The van der Waals surface area contributed by atoms with Crippen LogP contribution >= 0.6 is 22.7 Å². The molecule has 6 heteroatoms. The van der Waals surface area contributed by atoms with Crippen molar-refractivity contribution in [1.29, 1.82) is 0 Å². The molecule has 0 bridgehead atoms. The van der Waals surface area contributed by atoms with Crippen LogP contribution < -0.4 is 18.3 Å². The first-order valence-electron chi connectivity index (χ1n) is 8.12. The van der Waals surface area contributed by atoms with E-state index in [2.05, 4.69) is 10.6 Å². The Morgan fingerprint density at radius 3 is 1.46 bits per heavy atom. The monoisotopic (exact) mass is 382 g/mol. The zero-order valence-electron chi connectivity index (χ0n) is 14.0. The maximum absolute atomic E-state index is 11.9. The summed E-state index contributed by atoms with van der Waals surface area (Å²) in [7, 11) is 0. The minimum absolute atomic E-state index is 0.128. The van der Waals surface area contributed by atoms with Crippen molar-refractivity contribution < 1.29 is 9.59 Å². The number of rotatable bonds is 6. The lowest BCUT2D eigenvalue weighted by molar-refractivity contribution is -0.116. The lowest BCUT2D eigenvalue weighted by Gasteiger charge is -2.02. The highest BCUT2D eigenvalue weighted by molar-refractivity contribution is 7.36. The van der Waals surface area contributed by atoms with E-state index in [1.807, 2.05) is 60.7 Å². The Kier molecular flexibility index (Phi) is 6.35. The molecule has 0 unspecified atom stereocenters. The van der Waals surface area contributed by atoms with Gasteiger partial charge in [-0.15, -0.1) is 22.7 Å². The highest BCUT2D eigenvalue weighted by Crippen LogP contribution is 1.98. The Hall–Kier alpha value is -2.70. The number of carbonyl (C=O) groups is 2. The van der Waals surface area contributed by atoms with Crippen molar-refractivity contribution in [2.45, 2.75) is 13.1 Å². The van der Waals surface area contributed by atoms with E-state index in [4.69, 9.17) is 0 Å². The minimum atomic E-state index is -0.128. The van der Waals surface area contributed by atoms with Crippen LogP contribution in [-0.2, 0) is 22.7 Å². The summed E-state index contributed by atoms with van der Waals surface area (Å²) in [6.07, 6.45) is 3.13. The number of benzene rings is 2. The molecule has 4 nitrogen and oxygen atoms in total. The van der Waals surface area contributed by atoms with Gasteiger partial charge in [0, 0.05) is 25.2 Å². The highest BCUT2D eigenvalue weighted by Gasteiger charge is 2.01. The van der Waals surface area contributed by atoms with Crippen molar-refractivity contribution in [3.05, 3.63) is 79.5 Å². The van der Waals surface area contributed by atoms with Crippen LogP contribution in [0.15, 0.2) is 60.7 Å². The van der Waals surface area contributed by atoms with Crippen molar-refractivity contribution in [2.24, 2.45) is 0 Å². The molecule has 2 amide bonds. The van der Waals surface area contributed by atoms with Gasteiger partial charge < -0.3 is 10.6 Å². The first kappa shape index (κ1) is 18.1. The summed E-state index contributed by atoms with van der Waals surface area (Å²) >= 11 is 2.87. The summed E-state index contributed by atoms with van der Waals surface area (Å²) < 4.78 is 1.77. The zero-order chi connectivity index (χ0) is 18.2. The van der Waals surface area contributed by atoms with Gasteiger partial charge in [-0.05, 0) is 11.1 Å². The van der Waals surface area contributed by atoms with Crippen molar-refractivity contribution in [2.75, 3.05) is 0 Å². The SMILES string of the molecule is O=C(C=c1sc(=CC(=O)NCc2ccccc2)s1)NCc1ccccc1. The molecule has 132 valence electrons. The first-order valence-corrected chi connectivity index (χ1v) is 9.75. The van der Waals surface area contributed by atoms with E-state index >= 15 is 0 Å². The molecule has 2 N–H and O–H groups in total. The Morgan fingerprint density at radius 2 is 1.08 bits per heavy atom. The summed E-state index contributed by atoms with van der Waals surface area (Å²) in [5.74, 6) is -0.257. The third-order valence-electron chi connectivity index (χ3n) is 3.52. The van der Waals surface area contributed by atoms with Gasteiger partial charge in [-0.25, -0.2) is 0 Å². The number of amides is 2. The maximum atomic E-state index is 11.9. The molecule has 0 atom stereocenters.